The van der Waals surface area contributed by atoms with Gasteiger partial charge in [-0.25, -0.2) is 4.98 Å². The molecule has 5 N–H and O–H groups in total. The number of piperidine rings is 1. The van der Waals surface area contributed by atoms with Crippen LogP contribution in [0, 0.1) is 0 Å². The Balaban J connectivity index is 1.09. The summed E-state index contributed by atoms with van der Waals surface area (Å²) in [5, 5.41) is 26.6. The second-order valence-corrected chi connectivity index (χ2v) is 11.5. The quantitative estimate of drug-likeness (QED) is 0.169. The molecule has 0 radical (unpaired) electrons. The van der Waals surface area contributed by atoms with Crippen molar-refractivity contribution in [3.05, 3.63) is 58.6 Å². The third kappa shape index (κ3) is 5.09. The van der Waals surface area contributed by atoms with Crippen molar-refractivity contribution in [2.24, 2.45) is 0 Å². The molecule has 230 valence electrons. The highest BCUT2D eigenvalue weighted by molar-refractivity contribution is 5.99. The Kier molecular flexibility index (Phi) is 7.31. The normalized spacial score (nSPS) is 16.2. The first-order chi connectivity index (χ1) is 21.4. The molecule has 5 heterocycles. The third-order valence-electron chi connectivity index (χ3n) is 8.61. The van der Waals surface area contributed by atoms with Gasteiger partial charge in [-0.2, -0.15) is 0 Å². The monoisotopic (exact) mass is 600 g/mol. The summed E-state index contributed by atoms with van der Waals surface area (Å²) >= 11 is 0. The molecule has 0 bridgehead atoms. The van der Waals surface area contributed by atoms with E-state index in [4.69, 9.17) is 19.2 Å². The number of hydrogen-bond acceptors (Lipinski definition) is 9. The van der Waals surface area contributed by atoms with E-state index in [9.17, 15) is 15.0 Å². The van der Waals surface area contributed by atoms with Crippen LogP contribution in [0.2, 0.25) is 0 Å². The van der Waals surface area contributed by atoms with Gasteiger partial charge in [0.1, 0.15) is 29.8 Å². The summed E-state index contributed by atoms with van der Waals surface area (Å²) in [6.45, 7) is 4.36. The number of aromatic hydroxyl groups is 1. The van der Waals surface area contributed by atoms with Crippen molar-refractivity contribution in [1.29, 1.82) is 0 Å². The van der Waals surface area contributed by atoms with E-state index in [0.29, 0.717) is 46.3 Å². The minimum absolute atomic E-state index is 0.0411. The molecule has 2 aliphatic heterocycles. The molecule has 1 atom stereocenters. The number of anilines is 1. The number of ether oxygens (including phenoxy) is 3. The Hall–Kier alpha value is -4.68. The minimum Gasteiger partial charge on any atom is -0.494 e. The number of imidazole rings is 1. The lowest BCUT2D eigenvalue weighted by atomic mass is 10.1. The van der Waals surface area contributed by atoms with Crippen LogP contribution in [-0.2, 0) is 6.42 Å². The molecule has 3 aromatic heterocycles. The Morgan fingerprint density at radius 1 is 1.20 bits per heavy atom. The molecule has 7 rings (SSSR count). The summed E-state index contributed by atoms with van der Waals surface area (Å²) in [6.07, 6.45) is 5.35. The van der Waals surface area contributed by atoms with Gasteiger partial charge in [0, 0.05) is 41.3 Å². The molecular formula is C32H36N6O6. The number of aliphatic hydroxyl groups is 1. The van der Waals surface area contributed by atoms with Gasteiger partial charge in [-0.05, 0) is 69.7 Å². The molecule has 1 fully saturated rings. The van der Waals surface area contributed by atoms with E-state index < -0.39 is 6.10 Å². The van der Waals surface area contributed by atoms with E-state index in [0.717, 1.165) is 47.8 Å². The molecule has 1 saturated heterocycles. The van der Waals surface area contributed by atoms with Crippen LogP contribution in [0.5, 0.6) is 23.1 Å². The Morgan fingerprint density at radius 3 is 2.86 bits per heavy atom. The average molecular weight is 601 g/mol. The van der Waals surface area contributed by atoms with Gasteiger partial charge in [0.05, 0.1) is 16.7 Å². The maximum atomic E-state index is 13.0. The van der Waals surface area contributed by atoms with Crippen molar-refractivity contribution in [3.63, 3.8) is 0 Å². The fourth-order valence-corrected chi connectivity index (χ4v) is 6.21. The third-order valence-corrected chi connectivity index (χ3v) is 8.61. The molecule has 12 nitrogen and oxygen atoms in total. The first-order valence-corrected chi connectivity index (χ1v) is 15.0. The molecule has 12 heteroatoms. The molecule has 2 aromatic carbocycles. The zero-order valence-electron chi connectivity index (χ0n) is 24.7. The number of rotatable bonds is 9. The highest BCUT2D eigenvalue weighted by Crippen LogP contribution is 2.41. The summed E-state index contributed by atoms with van der Waals surface area (Å²) in [5.74, 6) is 2.64. The van der Waals surface area contributed by atoms with E-state index in [2.05, 4.69) is 27.2 Å². The topological polar surface area (TPSA) is 150 Å². The van der Waals surface area contributed by atoms with Crippen LogP contribution in [0.3, 0.4) is 0 Å². The number of fused-ring (bicyclic) bond motifs is 3. The highest BCUT2D eigenvalue weighted by atomic mass is 16.7. The molecule has 0 spiro atoms. The molecular weight excluding hydrogens is 564 g/mol. The molecule has 5 aromatic rings. The van der Waals surface area contributed by atoms with Gasteiger partial charge in [-0.3, -0.25) is 4.79 Å². The van der Waals surface area contributed by atoms with E-state index in [1.807, 2.05) is 35.9 Å². The van der Waals surface area contributed by atoms with Crippen LogP contribution in [0.25, 0.3) is 33.2 Å². The SMILES string of the molecule is CCc1c(OC[C@H](O)CNc2cc[nH]c(=O)c2-c2nc3cc4c(O)n(C5CCN(C)CC5)cc4cc3[nH]2)ccc2c1OCO2. The van der Waals surface area contributed by atoms with E-state index in [-0.39, 0.29) is 37.4 Å². The largest absolute Gasteiger partial charge is 0.494 e. The number of likely N-dealkylation sites (tertiary alicyclic amines) is 1. The number of aliphatic hydroxyl groups excluding tert-OH is 1. The smallest absolute Gasteiger partial charge is 0.261 e. The van der Waals surface area contributed by atoms with Crippen molar-refractivity contribution >= 4 is 27.5 Å². The van der Waals surface area contributed by atoms with Crippen molar-refractivity contribution in [2.75, 3.05) is 45.4 Å². The van der Waals surface area contributed by atoms with Gasteiger partial charge in [0.15, 0.2) is 17.4 Å². The van der Waals surface area contributed by atoms with Crippen LogP contribution in [-0.4, -0.2) is 80.8 Å². The number of H-pyrrole nitrogens is 2. The first kappa shape index (κ1) is 28.1. The summed E-state index contributed by atoms with van der Waals surface area (Å²) in [4.78, 5) is 26.0. The molecule has 2 aliphatic rings. The number of nitrogens with zero attached hydrogens (tertiary/aromatic N) is 3. The number of aromatic nitrogens is 4. The number of nitrogens with one attached hydrogen (secondary N) is 3. The maximum Gasteiger partial charge on any atom is 0.261 e. The molecule has 44 heavy (non-hydrogen) atoms. The lowest BCUT2D eigenvalue weighted by Gasteiger charge is -2.30. The van der Waals surface area contributed by atoms with E-state index in [1.54, 1.807) is 18.3 Å². The summed E-state index contributed by atoms with van der Waals surface area (Å²) in [6, 6.07) is 9.42. The van der Waals surface area contributed by atoms with E-state index in [1.165, 1.54) is 0 Å². The first-order valence-electron chi connectivity index (χ1n) is 15.0. The van der Waals surface area contributed by atoms with Crippen LogP contribution in [0.15, 0.2) is 47.5 Å². The molecule has 0 amide bonds. The summed E-state index contributed by atoms with van der Waals surface area (Å²) in [7, 11) is 2.12. The van der Waals surface area contributed by atoms with Gasteiger partial charge in [0.25, 0.3) is 5.56 Å². The van der Waals surface area contributed by atoms with Crippen molar-refractivity contribution in [2.45, 2.75) is 38.3 Å². The Labute approximate surface area is 253 Å². The zero-order valence-corrected chi connectivity index (χ0v) is 24.7. The Morgan fingerprint density at radius 2 is 2.05 bits per heavy atom. The fourth-order valence-electron chi connectivity index (χ4n) is 6.21. The van der Waals surface area contributed by atoms with Gasteiger partial charge in [0.2, 0.25) is 6.79 Å². The molecule has 0 aliphatic carbocycles. The summed E-state index contributed by atoms with van der Waals surface area (Å²) in [5.41, 5.74) is 2.81. The number of aromatic amines is 2. The van der Waals surface area contributed by atoms with E-state index >= 15 is 0 Å². The standard InChI is InChI=1S/C32H36N6O6/c1-3-21-26(4-5-27-29(21)44-17-43-27)42-16-20(39)14-34-23-6-9-33-31(40)28(23)30-35-24-12-18-15-38(19-7-10-37(2)11-8-19)32(41)22(18)13-25(24)36-30/h4-6,9,12-13,15,19-20,39,41H,3,7-8,10-11,14,16-17H2,1-2H3,(H,35,36)(H2,33,34,40)/t20-/m1/s1. The lowest BCUT2D eigenvalue weighted by Crippen LogP contribution is -2.31. The van der Waals surface area contributed by atoms with Gasteiger partial charge in [-0.1, -0.05) is 6.92 Å². The second-order valence-electron chi connectivity index (χ2n) is 11.5. The van der Waals surface area contributed by atoms with Crippen LogP contribution >= 0.6 is 0 Å². The second kappa shape index (κ2) is 11.4. The zero-order chi connectivity index (χ0) is 30.4. The fraction of sp³-hybridized carbons (Fsp3) is 0.375. The van der Waals surface area contributed by atoms with Gasteiger partial charge >= 0.3 is 0 Å². The Bertz CT molecular complexity index is 1890. The van der Waals surface area contributed by atoms with Gasteiger partial charge < -0.3 is 49.2 Å². The van der Waals surface area contributed by atoms with Crippen molar-refractivity contribution in [1.82, 2.24) is 24.4 Å². The van der Waals surface area contributed by atoms with Crippen molar-refractivity contribution in [3.8, 4) is 34.5 Å². The highest BCUT2D eigenvalue weighted by Gasteiger charge is 2.24. The van der Waals surface area contributed by atoms with Crippen LogP contribution in [0.1, 0.15) is 31.4 Å². The lowest BCUT2D eigenvalue weighted by molar-refractivity contribution is 0.117. The molecule has 0 unspecified atom stereocenters. The number of hydrogen-bond donors (Lipinski definition) is 5. The van der Waals surface area contributed by atoms with Crippen LogP contribution < -0.4 is 25.1 Å². The van der Waals surface area contributed by atoms with Crippen LogP contribution in [0.4, 0.5) is 5.69 Å². The average Bonchev–Trinajstić information content (AvgIpc) is 3.75. The number of benzene rings is 2. The summed E-state index contributed by atoms with van der Waals surface area (Å²) < 4.78 is 19.0. The predicted octanol–water partition coefficient (Wildman–Crippen LogP) is 3.99. The van der Waals surface area contributed by atoms with Crippen molar-refractivity contribution < 1.29 is 24.4 Å². The molecule has 0 saturated carbocycles. The predicted molar refractivity (Wildman–Crippen MR) is 167 cm³/mol. The number of pyridine rings is 1. The van der Waals surface area contributed by atoms with Gasteiger partial charge in [-0.15, -0.1) is 0 Å². The minimum atomic E-state index is -0.863. The maximum absolute atomic E-state index is 13.0.